The van der Waals surface area contributed by atoms with Crippen LogP contribution in [0.25, 0.3) is 0 Å². The molecule has 0 spiro atoms. The van der Waals surface area contributed by atoms with Gasteiger partial charge in [0.2, 0.25) is 5.60 Å². The minimum atomic E-state index is -5.48. The Balaban J connectivity index is 2.77. The first-order valence-corrected chi connectivity index (χ1v) is 4.15. The first-order chi connectivity index (χ1) is 7.29. The van der Waals surface area contributed by atoms with E-state index in [1.54, 1.807) is 0 Å². The smallest absolute Gasteiger partial charge is 0.301 e. The third-order valence-electron chi connectivity index (χ3n) is 2.05. The molecule has 0 saturated heterocycles. The van der Waals surface area contributed by atoms with Crippen molar-refractivity contribution in [2.24, 2.45) is 0 Å². The highest BCUT2D eigenvalue weighted by atomic mass is 19.4. The summed E-state index contributed by atoms with van der Waals surface area (Å²) in [7, 11) is 0. The van der Waals surface area contributed by atoms with Gasteiger partial charge in [-0.2, -0.15) is 35.1 Å². The van der Waals surface area contributed by atoms with E-state index in [0.29, 0.717) is 0 Å². The van der Waals surface area contributed by atoms with E-state index in [-0.39, 0.29) is 0 Å². The van der Waals surface area contributed by atoms with Gasteiger partial charge in [-0.1, -0.05) is 0 Å². The normalized spacial score (nSPS) is 30.5. The number of ether oxygens (including phenoxy) is 1. The van der Waals surface area contributed by atoms with E-state index in [0.717, 1.165) is 0 Å². The van der Waals surface area contributed by atoms with Crippen LogP contribution in [0.5, 0.6) is 0 Å². The van der Waals surface area contributed by atoms with Gasteiger partial charge in [0.05, 0.1) is 0 Å². The highest BCUT2D eigenvalue weighted by Crippen LogP contribution is 2.57. The molecule has 1 aliphatic rings. The topological polar surface area (TPSA) is 9.23 Å². The SMILES string of the molecule is FC1CC1(OC(F)(F)CC(F)(F)F)C(F)(F)F. The summed E-state index contributed by atoms with van der Waals surface area (Å²) in [6.45, 7) is 0. The Morgan fingerprint density at radius 2 is 1.41 bits per heavy atom. The molecule has 17 heavy (non-hydrogen) atoms. The number of halogens is 9. The summed E-state index contributed by atoms with van der Waals surface area (Å²) in [6.07, 6.45) is -23.1. The Labute approximate surface area is 88.5 Å². The minimum absolute atomic E-state index is 1.43. The van der Waals surface area contributed by atoms with Crippen molar-refractivity contribution in [3.63, 3.8) is 0 Å². The molecule has 1 nitrogen and oxygen atoms in total. The predicted octanol–water partition coefficient (Wildman–Crippen LogP) is 3.59. The zero-order valence-corrected chi connectivity index (χ0v) is 7.80. The van der Waals surface area contributed by atoms with Crippen LogP contribution in [-0.4, -0.2) is 30.2 Å². The molecule has 0 aromatic carbocycles. The van der Waals surface area contributed by atoms with Gasteiger partial charge in [0.25, 0.3) is 0 Å². The van der Waals surface area contributed by atoms with Crippen LogP contribution in [0.2, 0.25) is 0 Å². The standard InChI is InChI=1S/C7H5F9O/c8-3-1-4(3,7(14,15)16)17-6(12,13)2-5(9,10)11/h3H,1-2H2. The molecule has 0 N–H and O–H groups in total. The van der Waals surface area contributed by atoms with E-state index in [4.69, 9.17) is 0 Å². The zero-order chi connectivity index (χ0) is 13.7. The molecule has 1 aliphatic carbocycles. The summed E-state index contributed by atoms with van der Waals surface area (Å²) in [6, 6.07) is 0. The van der Waals surface area contributed by atoms with Gasteiger partial charge in [0.1, 0.15) is 12.6 Å². The van der Waals surface area contributed by atoms with Gasteiger partial charge < -0.3 is 4.74 Å². The van der Waals surface area contributed by atoms with Crippen LogP contribution in [-0.2, 0) is 4.74 Å². The summed E-state index contributed by atoms with van der Waals surface area (Å²) in [4.78, 5) is 0. The maximum absolute atomic E-state index is 12.6. The summed E-state index contributed by atoms with van der Waals surface area (Å²) in [5.74, 6) is 0. The minimum Gasteiger partial charge on any atom is -0.301 e. The number of rotatable bonds is 3. The molecule has 2 unspecified atom stereocenters. The van der Waals surface area contributed by atoms with Crippen molar-refractivity contribution in [1.82, 2.24) is 0 Å². The van der Waals surface area contributed by atoms with Crippen molar-refractivity contribution < 1.29 is 44.3 Å². The highest BCUT2D eigenvalue weighted by Gasteiger charge is 2.76. The van der Waals surface area contributed by atoms with E-state index < -0.39 is 43.1 Å². The van der Waals surface area contributed by atoms with Crippen molar-refractivity contribution in [1.29, 1.82) is 0 Å². The predicted molar refractivity (Wildman–Crippen MR) is 35.0 cm³/mol. The quantitative estimate of drug-likeness (QED) is 0.716. The van der Waals surface area contributed by atoms with Gasteiger partial charge in [-0.25, -0.2) is 4.39 Å². The second-order valence-corrected chi connectivity index (χ2v) is 3.59. The molecule has 0 amide bonds. The molecule has 1 rings (SSSR count). The molecule has 0 bridgehead atoms. The fourth-order valence-corrected chi connectivity index (χ4v) is 1.20. The van der Waals surface area contributed by atoms with Crippen LogP contribution in [0.15, 0.2) is 0 Å². The van der Waals surface area contributed by atoms with Gasteiger partial charge in [0.15, 0.2) is 0 Å². The summed E-state index contributed by atoms with van der Waals surface area (Å²) >= 11 is 0. The zero-order valence-electron chi connectivity index (χ0n) is 7.80. The van der Waals surface area contributed by atoms with Crippen LogP contribution in [0.1, 0.15) is 12.8 Å². The lowest BCUT2D eigenvalue weighted by molar-refractivity contribution is -0.363. The van der Waals surface area contributed by atoms with Crippen LogP contribution < -0.4 is 0 Å². The Hall–Kier alpha value is -0.670. The Morgan fingerprint density at radius 1 is 1.00 bits per heavy atom. The van der Waals surface area contributed by atoms with Crippen LogP contribution in [0.4, 0.5) is 39.5 Å². The third kappa shape index (κ3) is 3.17. The van der Waals surface area contributed by atoms with Gasteiger partial charge in [-0.05, 0) is 0 Å². The second kappa shape index (κ2) is 3.66. The maximum atomic E-state index is 12.6. The molecule has 0 heterocycles. The van der Waals surface area contributed by atoms with Gasteiger partial charge in [-0.15, -0.1) is 0 Å². The van der Waals surface area contributed by atoms with Crippen molar-refractivity contribution >= 4 is 0 Å². The molecule has 0 aliphatic heterocycles. The second-order valence-electron chi connectivity index (χ2n) is 3.59. The van der Waals surface area contributed by atoms with Gasteiger partial charge in [-0.3, -0.25) is 0 Å². The molecular formula is C7H5F9O. The fraction of sp³-hybridized carbons (Fsp3) is 1.00. The highest BCUT2D eigenvalue weighted by molar-refractivity contribution is 5.12. The summed E-state index contributed by atoms with van der Waals surface area (Å²) in [5.41, 5.74) is -3.82. The maximum Gasteiger partial charge on any atom is 0.420 e. The van der Waals surface area contributed by atoms with Crippen molar-refractivity contribution in [3.8, 4) is 0 Å². The Kier molecular flexibility index (Phi) is 3.10. The monoisotopic (exact) mass is 276 g/mol. The van der Waals surface area contributed by atoms with Crippen LogP contribution >= 0.6 is 0 Å². The van der Waals surface area contributed by atoms with Crippen LogP contribution in [0, 0.1) is 0 Å². The largest absolute Gasteiger partial charge is 0.420 e. The first kappa shape index (κ1) is 14.4. The van der Waals surface area contributed by atoms with Crippen molar-refractivity contribution in [2.75, 3.05) is 0 Å². The van der Waals surface area contributed by atoms with E-state index in [9.17, 15) is 39.5 Å². The number of alkyl halides is 9. The number of hydrogen-bond acceptors (Lipinski definition) is 1. The molecule has 1 saturated carbocycles. The Bertz CT molecular complexity index is 293. The lowest BCUT2D eigenvalue weighted by Gasteiger charge is -2.26. The van der Waals surface area contributed by atoms with Crippen LogP contribution in [0.3, 0.4) is 0 Å². The molecule has 0 radical (unpaired) electrons. The molecule has 10 heteroatoms. The lowest BCUT2D eigenvalue weighted by atomic mass is 10.3. The summed E-state index contributed by atoms with van der Waals surface area (Å²) < 4.78 is 112. The fourth-order valence-electron chi connectivity index (χ4n) is 1.20. The summed E-state index contributed by atoms with van der Waals surface area (Å²) in [5, 5.41) is 0. The number of hydrogen-bond donors (Lipinski definition) is 0. The van der Waals surface area contributed by atoms with Gasteiger partial charge >= 0.3 is 18.5 Å². The van der Waals surface area contributed by atoms with E-state index in [2.05, 4.69) is 4.74 Å². The van der Waals surface area contributed by atoms with E-state index in [1.165, 1.54) is 0 Å². The molecule has 0 aromatic rings. The molecule has 1 fully saturated rings. The molecule has 2 atom stereocenters. The molecule has 0 aromatic heterocycles. The molecular weight excluding hydrogens is 271 g/mol. The van der Waals surface area contributed by atoms with Gasteiger partial charge in [0, 0.05) is 6.42 Å². The van der Waals surface area contributed by atoms with Crippen molar-refractivity contribution in [3.05, 3.63) is 0 Å². The third-order valence-corrected chi connectivity index (χ3v) is 2.05. The Morgan fingerprint density at radius 3 is 1.65 bits per heavy atom. The van der Waals surface area contributed by atoms with E-state index >= 15 is 0 Å². The van der Waals surface area contributed by atoms with Crippen molar-refractivity contribution in [2.45, 2.75) is 43.1 Å². The average molecular weight is 276 g/mol. The molecule has 102 valence electrons. The average Bonchev–Trinajstić information content (AvgIpc) is 2.52. The van der Waals surface area contributed by atoms with E-state index in [1.807, 2.05) is 0 Å². The first-order valence-electron chi connectivity index (χ1n) is 4.15. The lowest BCUT2D eigenvalue weighted by Crippen LogP contribution is -2.44.